The Balaban J connectivity index is 3.16. The van der Waals surface area contributed by atoms with Crippen molar-refractivity contribution in [1.29, 1.82) is 0 Å². The minimum absolute atomic E-state index is 0.00629. The summed E-state index contributed by atoms with van der Waals surface area (Å²) in [6.07, 6.45) is -0.192. The normalized spacial score (nSPS) is 14.3. The lowest BCUT2D eigenvalue weighted by molar-refractivity contribution is -0.142. The van der Waals surface area contributed by atoms with Gasteiger partial charge in [-0.3, -0.25) is 19.2 Å². The van der Waals surface area contributed by atoms with Gasteiger partial charge in [-0.1, -0.05) is 26.0 Å². The zero-order chi connectivity index (χ0) is 26.7. The van der Waals surface area contributed by atoms with E-state index in [-0.39, 0.29) is 37.4 Å². The summed E-state index contributed by atoms with van der Waals surface area (Å²) in [7, 11) is 0. The van der Waals surface area contributed by atoms with E-state index in [1.54, 1.807) is 12.1 Å². The van der Waals surface area contributed by atoms with Gasteiger partial charge in [0.2, 0.25) is 23.6 Å². The number of phenolic OH excluding ortho intramolecular Hbond substituents is 1. The fraction of sp³-hybridized carbons (Fsp3) is 0.522. The van der Waals surface area contributed by atoms with Gasteiger partial charge >= 0.3 is 5.97 Å². The summed E-state index contributed by atoms with van der Waals surface area (Å²) in [5.74, 6) is -4.07. The highest BCUT2D eigenvalue weighted by molar-refractivity contribution is 5.94. The smallest absolute Gasteiger partial charge is 0.326 e. The van der Waals surface area contributed by atoms with Crippen LogP contribution >= 0.6 is 0 Å². The third-order valence-electron chi connectivity index (χ3n) is 5.06. The standard InChI is InChI=1S/C23H35N5O7/c1-12(2)10-18(23(34)35)28-22(33)17(11-14-4-6-15(29)7-5-14)27-21(32)16(8-9-19(25)30)26-20(31)13(3)24/h4-7,12-13,16-18,29H,8-11,24H2,1-3H3,(H2,25,30)(H,26,31)(H,27,32)(H,28,33)(H,34,35). The van der Waals surface area contributed by atoms with Crippen molar-refractivity contribution in [3.63, 3.8) is 0 Å². The molecule has 4 unspecified atom stereocenters. The second kappa shape index (κ2) is 13.9. The number of carbonyl (C=O) groups excluding carboxylic acids is 4. The molecule has 0 spiro atoms. The number of benzene rings is 1. The highest BCUT2D eigenvalue weighted by Gasteiger charge is 2.30. The van der Waals surface area contributed by atoms with Crippen molar-refractivity contribution in [1.82, 2.24) is 16.0 Å². The molecular formula is C23H35N5O7. The average molecular weight is 494 g/mol. The van der Waals surface area contributed by atoms with Crippen molar-refractivity contribution in [2.45, 2.75) is 70.6 Å². The maximum atomic E-state index is 13.0. The molecule has 0 aromatic heterocycles. The molecule has 0 radical (unpaired) electrons. The van der Waals surface area contributed by atoms with Gasteiger partial charge in [0.15, 0.2) is 0 Å². The summed E-state index contributed by atoms with van der Waals surface area (Å²) < 4.78 is 0. The lowest BCUT2D eigenvalue weighted by Gasteiger charge is -2.25. The van der Waals surface area contributed by atoms with E-state index < -0.39 is 53.8 Å². The molecule has 0 aliphatic carbocycles. The molecule has 4 amide bonds. The molecule has 12 nitrogen and oxygen atoms in total. The summed E-state index contributed by atoms with van der Waals surface area (Å²) in [6, 6.07) is 1.38. The molecule has 4 atom stereocenters. The first kappa shape index (κ1) is 29.4. The lowest BCUT2D eigenvalue weighted by Crippen LogP contribution is -2.57. The van der Waals surface area contributed by atoms with E-state index in [0.717, 1.165) is 0 Å². The maximum Gasteiger partial charge on any atom is 0.326 e. The van der Waals surface area contributed by atoms with Gasteiger partial charge in [0.1, 0.15) is 23.9 Å². The van der Waals surface area contributed by atoms with Crippen molar-refractivity contribution >= 4 is 29.6 Å². The highest BCUT2D eigenvalue weighted by atomic mass is 16.4. The van der Waals surface area contributed by atoms with E-state index >= 15 is 0 Å². The van der Waals surface area contributed by atoms with Gasteiger partial charge in [-0.15, -0.1) is 0 Å². The van der Waals surface area contributed by atoms with Gasteiger partial charge in [-0.2, -0.15) is 0 Å². The molecule has 1 aromatic rings. The Kier molecular flexibility index (Phi) is 11.7. The summed E-state index contributed by atoms with van der Waals surface area (Å²) >= 11 is 0. The van der Waals surface area contributed by atoms with Crippen LogP contribution in [0.1, 0.15) is 45.6 Å². The van der Waals surface area contributed by atoms with Crippen LogP contribution in [0, 0.1) is 5.92 Å². The molecule has 9 N–H and O–H groups in total. The number of aliphatic carboxylic acids is 1. The molecule has 0 aliphatic heterocycles. The van der Waals surface area contributed by atoms with Gasteiger partial charge in [0.05, 0.1) is 6.04 Å². The molecular weight excluding hydrogens is 458 g/mol. The van der Waals surface area contributed by atoms with Crippen LogP contribution in [0.5, 0.6) is 5.75 Å². The maximum absolute atomic E-state index is 13.0. The van der Waals surface area contributed by atoms with Crippen molar-refractivity contribution in [2.24, 2.45) is 17.4 Å². The first-order valence-corrected chi connectivity index (χ1v) is 11.3. The van der Waals surface area contributed by atoms with Crippen LogP contribution in [0.4, 0.5) is 0 Å². The Hall–Kier alpha value is -3.67. The van der Waals surface area contributed by atoms with Gasteiger partial charge < -0.3 is 37.6 Å². The highest BCUT2D eigenvalue weighted by Crippen LogP contribution is 2.13. The van der Waals surface area contributed by atoms with Gasteiger partial charge in [0.25, 0.3) is 0 Å². The zero-order valence-corrected chi connectivity index (χ0v) is 20.1. The topological polar surface area (TPSA) is 214 Å². The molecule has 1 aromatic carbocycles. The van der Waals surface area contributed by atoms with Crippen molar-refractivity contribution in [3.8, 4) is 5.75 Å². The Morgan fingerprint density at radius 3 is 1.86 bits per heavy atom. The van der Waals surface area contributed by atoms with Gasteiger partial charge in [-0.05, 0) is 43.4 Å². The number of carboxylic acids is 1. The van der Waals surface area contributed by atoms with Crippen LogP contribution in [0.25, 0.3) is 0 Å². The Labute approximate surface area is 203 Å². The van der Waals surface area contributed by atoms with E-state index in [9.17, 15) is 34.2 Å². The Morgan fingerprint density at radius 1 is 0.857 bits per heavy atom. The van der Waals surface area contributed by atoms with Crippen LogP contribution in [0.15, 0.2) is 24.3 Å². The van der Waals surface area contributed by atoms with Crippen LogP contribution in [-0.2, 0) is 30.4 Å². The van der Waals surface area contributed by atoms with Crippen LogP contribution in [0.3, 0.4) is 0 Å². The number of rotatable bonds is 14. The predicted molar refractivity (Wildman–Crippen MR) is 127 cm³/mol. The van der Waals surface area contributed by atoms with Crippen molar-refractivity contribution in [2.75, 3.05) is 0 Å². The summed E-state index contributed by atoms with van der Waals surface area (Å²) in [5, 5.41) is 26.4. The number of carboxylic acid groups (broad SMARTS) is 1. The number of hydrogen-bond donors (Lipinski definition) is 7. The predicted octanol–water partition coefficient (Wildman–Crippen LogP) is -0.867. The van der Waals surface area contributed by atoms with Crippen LogP contribution in [-0.4, -0.2) is 64.0 Å². The second-order valence-corrected chi connectivity index (χ2v) is 8.82. The molecule has 0 bridgehead atoms. The fourth-order valence-corrected chi connectivity index (χ4v) is 3.17. The number of nitrogens with one attached hydrogen (secondary N) is 3. The summed E-state index contributed by atoms with van der Waals surface area (Å²) in [6.45, 7) is 5.03. The first-order valence-electron chi connectivity index (χ1n) is 11.3. The third-order valence-corrected chi connectivity index (χ3v) is 5.06. The van der Waals surface area contributed by atoms with Crippen molar-refractivity contribution in [3.05, 3.63) is 29.8 Å². The summed E-state index contributed by atoms with van der Waals surface area (Å²) in [5.41, 5.74) is 11.3. The Bertz CT molecular complexity index is 902. The van der Waals surface area contributed by atoms with Crippen molar-refractivity contribution < 1.29 is 34.2 Å². The largest absolute Gasteiger partial charge is 0.508 e. The molecule has 0 saturated carbocycles. The summed E-state index contributed by atoms with van der Waals surface area (Å²) in [4.78, 5) is 61.0. The first-order chi connectivity index (χ1) is 16.3. The number of aromatic hydroxyl groups is 1. The Morgan fingerprint density at radius 2 is 1.37 bits per heavy atom. The van der Waals surface area contributed by atoms with E-state index in [0.29, 0.717) is 5.56 Å². The van der Waals surface area contributed by atoms with E-state index in [4.69, 9.17) is 11.5 Å². The quantitative estimate of drug-likeness (QED) is 0.172. The molecule has 1 rings (SSSR count). The molecule has 12 heteroatoms. The number of hydrogen-bond acceptors (Lipinski definition) is 7. The number of nitrogens with two attached hydrogens (primary N) is 2. The molecule has 35 heavy (non-hydrogen) atoms. The molecule has 0 fully saturated rings. The molecule has 0 aliphatic rings. The number of carbonyl (C=O) groups is 5. The fourth-order valence-electron chi connectivity index (χ4n) is 3.17. The number of phenols is 1. The number of amides is 4. The van der Waals surface area contributed by atoms with E-state index in [1.165, 1.54) is 19.1 Å². The minimum atomic E-state index is -1.22. The molecule has 194 valence electrons. The van der Waals surface area contributed by atoms with Crippen LogP contribution < -0.4 is 27.4 Å². The van der Waals surface area contributed by atoms with Gasteiger partial charge in [-0.25, -0.2) is 4.79 Å². The average Bonchev–Trinajstić information content (AvgIpc) is 2.76. The third kappa shape index (κ3) is 10.9. The van der Waals surface area contributed by atoms with E-state index in [1.807, 2.05) is 13.8 Å². The molecule has 0 heterocycles. The van der Waals surface area contributed by atoms with Gasteiger partial charge in [0, 0.05) is 12.8 Å². The zero-order valence-electron chi connectivity index (χ0n) is 20.1. The lowest BCUT2D eigenvalue weighted by atomic mass is 10.0. The second-order valence-electron chi connectivity index (χ2n) is 8.82. The minimum Gasteiger partial charge on any atom is -0.508 e. The number of primary amides is 1. The molecule has 0 saturated heterocycles. The van der Waals surface area contributed by atoms with E-state index in [2.05, 4.69) is 16.0 Å². The monoisotopic (exact) mass is 493 g/mol. The van der Waals surface area contributed by atoms with Crippen LogP contribution in [0.2, 0.25) is 0 Å². The SMILES string of the molecule is CC(C)CC(NC(=O)C(Cc1ccc(O)cc1)NC(=O)C(CCC(N)=O)NC(=O)C(C)N)C(=O)O.